The summed E-state index contributed by atoms with van der Waals surface area (Å²) < 4.78 is 31.4. The average molecular weight is 423 g/mol. The van der Waals surface area contributed by atoms with Crippen LogP contribution in [0.3, 0.4) is 0 Å². The normalized spacial score (nSPS) is 16.2. The SMILES string of the molecule is CC(C)CCNC(=O)COC(=O)C1CCN(S(=O)(=O)/C=C/c2ccccc2)CC1. The second-order valence-electron chi connectivity index (χ2n) is 7.57. The van der Waals surface area contributed by atoms with E-state index in [0.29, 0.717) is 25.3 Å². The van der Waals surface area contributed by atoms with E-state index in [0.717, 1.165) is 12.0 Å². The second-order valence-corrected chi connectivity index (χ2v) is 9.39. The van der Waals surface area contributed by atoms with Gasteiger partial charge in [-0.25, -0.2) is 8.42 Å². The third-order valence-electron chi connectivity index (χ3n) is 4.77. The third kappa shape index (κ3) is 7.98. The Hall–Kier alpha value is -2.19. The Kier molecular flexibility index (Phi) is 8.85. The number of benzene rings is 1. The van der Waals surface area contributed by atoms with Gasteiger partial charge in [-0.15, -0.1) is 0 Å². The molecular formula is C21H30N2O5S. The van der Waals surface area contributed by atoms with Crippen LogP contribution in [-0.2, 0) is 24.3 Å². The van der Waals surface area contributed by atoms with E-state index < -0.39 is 16.0 Å². The lowest BCUT2D eigenvalue weighted by atomic mass is 9.98. The number of nitrogens with zero attached hydrogens (tertiary/aromatic N) is 1. The van der Waals surface area contributed by atoms with Crippen LogP contribution in [0.5, 0.6) is 0 Å². The van der Waals surface area contributed by atoms with Crippen molar-refractivity contribution >= 4 is 28.0 Å². The van der Waals surface area contributed by atoms with Crippen LogP contribution < -0.4 is 5.32 Å². The summed E-state index contributed by atoms with van der Waals surface area (Å²) in [5, 5.41) is 3.91. The summed E-state index contributed by atoms with van der Waals surface area (Å²) in [5.74, 6) is -0.657. The fourth-order valence-corrected chi connectivity index (χ4v) is 4.19. The highest BCUT2D eigenvalue weighted by molar-refractivity contribution is 7.92. The number of nitrogens with one attached hydrogen (secondary N) is 1. The summed E-state index contributed by atoms with van der Waals surface area (Å²) in [6, 6.07) is 9.20. The smallest absolute Gasteiger partial charge is 0.309 e. The van der Waals surface area contributed by atoms with Gasteiger partial charge in [0, 0.05) is 25.0 Å². The molecule has 1 saturated heterocycles. The van der Waals surface area contributed by atoms with Crippen molar-refractivity contribution in [3.8, 4) is 0 Å². The topological polar surface area (TPSA) is 92.8 Å². The molecule has 1 fully saturated rings. The fraction of sp³-hybridized carbons (Fsp3) is 0.524. The quantitative estimate of drug-likeness (QED) is 0.617. The van der Waals surface area contributed by atoms with Gasteiger partial charge in [0.15, 0.2) is 6.61 Å². The highest BCUT2D eigenvalue weighted by atomic mass is 32.2. The molecular weight excluding hydrogens is 392 g/mol. The van der Waals surface area contributed by atoms with E-state index in [4.69, 9.17) is 4.74 Å². The maximum Gasteiger partial charge on any atom is 0.309 e. The minimum absolute atomic E-state index is 0.252. The number of amides is 1. The van der Waals surface area contributed by atoms with E-state index in [1.165, 1.54) is 9.71 Å². The van der Waals surface area contributed by atoms with Crippen LogP contribution in [0.25, 0.3) is 6.08 Å². The van der Waals surface area contributed by atoms with Crippen molar-refractivity contribution in [1.82, 2.24) is 9.62 Å². The van der Waals surface area contributed by atoms with E-state index in [-0.39, 0.29) is 31.5 Å². The first-order valence-corrected chi connectivity index (χ1v) is 11.4. The zero-order chi connectivity index (χ0) is 21.3. The van der Waals surface area contributed by atoms with Gasteiger partial charge in [-0.05, 0) is 36.8 Å². The van der Waals surface area contributed by atoms with E-state index >= 15 is 0 Å². The van der Waals surface area contributed by atoms with Crippen molar-refractivity contribution in [2.24, 2.45) is 11.8 Å². The zero-order valence-electron chi connectivity index (χ0n) is 17.0. The molecule has 29 heavy (non-hydrogen) atoms. The highest BCUT2D eigenvalue weighted by Crippen LogP contribution is 2.22. The Labute approximate surface area is 173 Å². The molecule has 1 aliphatic rings. The number of sulfonamides is 1. The summed E-state index contributed by atoms with van der Waals surface area (Å²) in [6.45, 7) is 4.89. The Morgan fingerprint density at radius 3 is 2.48 bits per heavy atom. The molecule has 0 spiro atoms. The number of esters is 1. The first kappa shape index (κ1) is 23.1. The highest BCUT2D eigenvalue weighted by Gasteiger charge is 2.31. The van der Waals surface area contributed by atoms with Crippen LogP contribution in [0.15, 0.2) is 35.7 Å². The van der Waals surface area contributed by atoms with Crippen molar-refractivity contribution in [3.05, 3.63) is 41.3 Å². The Morgan fingerprint density at radius 2 is 1.86 bits per heavy atom. The molecule has 7 nitrogen and oxygen atoms in total. The van der Waals surface area contributed by atoms with Gasteiger partial charge in [0.1, 0.15) is 0 Å². The molecule has 0 bridgehead atoms. The molecule has 0 aromatic heterocycles. The van der Waals surface area contributed by atoms with Crippen LogP contribution in [0.2, 0.25) is 0 Å². The van der Waals surface area contributed by atoms with Crippen LogP contribution in [0.4, 0.5) is 0 Å². The lowest BCUT2D eigenvalue weighted by molar-refractivity contribution is -0.153. The number of carbonyl (C=O) groups excluding carboxylic acids is 2. The number of rotatable bonds is 9. The van der Waals surface area contributed by atoms with Gasteiger partial charge in [-0.1, -0.05) is 44.2 Å². The van der Waals surface area contributed by atoms with Gasteiger partial charge in [0.05, 0.1) is 5.92 Å². The largest absolute Gasteiger partial charge is 0.455 e. The number of carbonyl (C=O) groups is 2. The van der Waals surface area contributed by atoms with Crippen LogP contribution in [-0.4, -0.2) is 50.8 Å². The Bertz CT molecular complexity index is 798. The van der Waals surface area contributed by atoms with Crippen LogP contribution in [0, 0.1) is 11.8 Å². The maximum atomic E-state index is 12.5. The molecule has 160 valence electrons. The lowest BCUT2D eigenvalue weighted by Crippen LogP contribution is -2.40. The summed E-state index contributed by atoms with van der Waals surface area (Å²) in [7, 11) is -3.54. The lowest BCUT2D eigenvalue weighted by Gasteiger charge is -2.29. The molecule has 0 radical (unpaired) electrons. The van der Waals surface area contributed by atoms with Gasteiger partial charge >= 0.3 is 5.97 Å². The molecule has 8 heteroatoms. The molecule has 0 saturated carbocycles. The predicted molar refractivity (Wildman–Crippen MR) is 112 cm³/mol. The standard InChI is InChI=1S/C21H30N2O5S/c1-17(2)8-12-22-20(24)16-28-21(25)19-9-13-23(14-10-19)29(26,27)15-11-18-6-4-3-5-7-18/h3-7,11,15,17,19H,8-10,12-14,16H2,1-2H3,(H,22,24)/b15-11+. The minimum Gasteiger partial charge on any atom is -0.455 e. The first-order chi connectivity index (χ1) is 13.8. The summed E-state index contributed by atoms with van der Waals surface area (Å²) in [5.41, 5.74) is 0.807. The molecule has 0 unspecified atom stereocenters. The summed E-state index contributed by atoms with van der Waals surface area (Å²) in [4.78, 5) is 23.9. The van der Waals surface area contributed by atoms with Crippen molar-refractivity contribution in [2.75, 3.05) is 26.2 Å². The van der Waals surface area contributed by atoms with E-state index in [1.807, 2.05) is 30.3 Å². The second kappa shape index (κ2) is 11.1. The maximum absolute atomic E-state index is 12.5. The average Bonchev–Trinajstić information content (AvgIpc) is 2.71. The number of hydrogen-bond acceptors (Lipinski definition) is 5. The van der Waals surface area contributed by atoms with Crippen molar-refractivity contribution in [3.63, 3.8) is 0 Å². The predicted octanol–water partition coefficient (Wildman–Crippen LogP) is 2.40. The van der Waals surface area contributed by atoms with Crippen molar-refractivity contribution in [1.29, 1.82) is 0 Å². The monoisotopic (exact) mass is 422 g/mol. The molecule has 1 heterocycles. The summed E-state index contributed by atoms with van der Waals surface area (Å²) >= 11 is 0. The van der Waals surface area contributed by atoms with Crippen molar-refractivity contribution in [2.45, 2.75) is 33.1 Å². The first-order valence-electron chi connectivity index (χ1n) is 9.94. The molecule has 1 aromatic rings. The van der Waals surface area contributed by atoms with Crippen molar-refractivity contribution < 1.29 is 22.7 Å². The van der Waals surface area contributed by atoms with Crippen LogP contribution in [0.1, 0.15) is 38.7 Å². The number of piperidine rings is 1. The van der Waals surface area contributed by atoms with E-state index in [1.54, 1.807) is 6.08 Å². The Balaban J connectivity index is 1.75. The number of ether oxygens (including phenoxy) is 1. The van der Waals surface area contributed by atoms with E-state index in [9.17, 15) is 18.0 Å². The molecule has 1 N–H and O–H groups in total. The minimum atomic E-state index is -3.54. The van der Waals surface area contributed by atoms with Gasteiger partial charge in [0.25, 0.3) is 5.91 Å². The number of hydrogen-bond donors (Lipinski definition) is 1. The third-order valence-corrected chi connectivity index (χ3v) is 6.33. The molecule has 2 rings (SSSR count). The molecule has 0 atom stereocenters. The molecule has 1 aromatic carbocycles. The Morgan fingerprint density at radius 1 is 1.21 bits per heavy atom. The summed E-state index contributed by atoms with van der Waals surface area (Å²) in [6.07, 6.45) is 3.19. The molecule has 1 amide bonds. The zero-order valence-corrected chi connectivity index (χ0v) is 17.9. The van der Waals surface area contributed by atoms with Crippen LogP contribution >= 0.6 is 0 Å². The molecule has 0 aliphatic carbocycles. The van der Waals surface area contributed by atoms with Gasteiger partial charge in [0.2, 0.25) is 10.0 Å². The van der Waals surface area contributed by atoms with Gasteiger partial charge in [-0.3, -0.25) is 9.59 Å². The van der Waals surface area contributed by atoms with Gasteiger partial charge < -0.3 is 10.1 Å². The fourth-order valence-electron chi connectivity index (χ4n) is 2.97. The van der Waals surface area contributed by atoms with E-state index in [2.05, 4.69) is 19.2 Å². The molecule has 1 aliphatic heterocycles. The van der Waals surface area contributed by atoms with Gasteiger partial charge in [-0.2, -0.15) is 4.31 Å².